The average Bonchev–Trinajstić information content (AvgIpc) is 2.46. The van der Waals surface area contributed by atoms with Crippen LogP contribution in [0.4, 0.5) is 0 Å². The van der Waals surface area contributed by atoms with Crippen molar-refractivity contribution >= 4 is 12.2 Å². The molecule has 2 rings (SSSR count). The van der Waals surface area contributed by atoms with Crippen LogP contribution in [0.2, 0.25) is 0 Å². The molecule has 5 nitrogen and oxygen atoms in total. The number of nitrogens with zero attached hydrogens (tertiary/aromatic N) is 2. The van der Waals surface area contributed by atoms with Crippen LogP contribution in [0.15, 0.2) is 47.1 Å². The van der Waals surface area contributed by atoms with E-state index in [9.17, 15) is 4.79 Å². The Morgan fingerprint density at radius 1 is 1.37 bits per heavy atom. The van der Waals surface area contributed by atoms with Crippen molar-refractivity contribution in [3.05, 3.63) is 47.5 Å². The standard InChI is InChI=1S/C14H16N2O3/c1-18-15-10-12-6-5-9-16(11-12)19-14(17)13-7-3-2-4-8-13/h2-4,6-8,10H,5,9,11H2,1H3/b15-10+. The first-order chi connectivity index (χ1) is 9.29. The van der Waals surface area contributed by atoms with Crippen LogP contribution in [0, 0.1) is 0 Å². The lowest BCUT2D eigenvalue weighted by Crippen LogP contribution is -2.33. The highest BCUT2D eigenvalue weighted by Crippen LogP contribution is 2.11. The first-order valence-corrected chi connectivity index (χ1v) is 6.07. The molecule has 1 aliphatic heterocycles. The van der Waals surface area contributed by atoms with Crippen molar-refractivity contribution in [3.63, 3.8) is 0 Å². The Balaban J connectivity index is 1.92. The van der Waals surface area contributed by atoms with Gasteiger partial charge in [0.1, 0.15) is 7.11 Å². The first kappa shape index (κ1) is 13.3. The summed E-state index contributed by atoms with van der Waals surface area (Å²) in [6, 6.07) is 8.94. The molecule has 0 fully saturated rings. The second kappa shape index (κ2) is 6.70. The van der Waals surface area contributed by atoms with Crippen LogP contribution in [-0.4, -0.2) is 37.4 Å². The van der Waals surface area contributed by atoms with Gasteiger partial charge in [-0.1, -0.05) is 29.4 Å². The molecule has 0 radical (unpaired) electrons. The van der Waals surface area contributed by atoms with Gasteiger partial charge in [0.05, 0.1) is 18.3 Å². The van der Waals surface area contributed by atoms with Gasteiger partial charge in [-0.2, -0.15) is 0 Å². The fourth-order valence-corrected chi connectivity index (χ4v) is 1.78. The van der Waals surface area contributed by atoms with Crippen LogP contribution >= 0.6 is 0 Å². The third-order valence-electron chi connectivity index (χ3n) is 2.69. The van der Waals surface area contributed by atoms with E-state index in [2.05, 4.69) is 16.1 Å². The topological polar surface area (TPSA) is 51.1 Å². The summed E-state index contributed by atoms with van der Waals surface area (Å²) < 4.78 is 0. The number of hydroxylamine groups is 2. The lowest BCUT2D eigenvalue weighted by molar-refractivity contribution is -0.104. The summed E-state index contributed by atoms with van der Waals surface area (Å²) in [5, 5.41) is 5.34. The van der Waals surface area contributed by atoms with E-state index in [1.165, 1.54) is 7.11 Å². The number of rotatable bonds is 4. The van der Waals surface area contributed by atoms with E-state index in [1.54, 1.807) is 23.4 Å². The molecule has 0 unspecified atom stereocenters. The molecule has 0 saturated heterocycles. The third-order valence-corrected chi connectivity index (χ3v) is 2.69. The van der Waals surface area contributed by atoms with Gasteiger partial charge < -0.3 is 9.68 Å². The minimum Gasteiger partial charge on any atom is -0.399 e. The monoisotopic (exact) mass is 260 g/mol. The van der Waals surface area contributed by atoms with Gasteiger partial charge in [0, 0.05) is 6.54 Å². The van der Waals surface area contributed by atoms with Gasteiger partial charge in [-0.25, -0.2) is 4.79 Å². The number of carbonyl (C=O) groups is 1. The molecule has 0 aliphatic carbocycles. The van der Waals surface area contributed by atoms with Gasteiger partial charge in [0.25, 0.3) is 0 Å². The number of carbonyl (C=O) groups excluding carboxylic acids is 1. The summed E-state index contributed by atoms with van der Waals surface area (Å²) in [5.74, 6) is -0.342. The molecule has 0 saturated carbocycles. The lowest BCUT2D eigenvalue weighted by Gasteiger charge is -2.24. The van der Waals surface area contributed by atoms with Crippen molar-refractivity contribution in [1.29, 1.82) is 0 Å². The summed E-state index contributed by atoms with van der Waals surface area (Å²) >= 11 is 0. The summed E-state index contributed by atoms with van der Waals surface area (Å²) in [7, 11) is 1.49. The second-order valence-corrected chi connectivity index (χ2v) is 4.09. The van der Waals surface area contributed by atoms with Crippen molar-refractivity contribution in [2.45, 2.75) is 6.42 Å². The number of hydrogen-bond donors (Lipinski definition) is 0. The zero-order chi connectivity index (χ0) is 13.5. The van der Waals surface area contributed by atoms with Gasteiger partial charge >= 0.3 is 5.97 Å². The zero-order valence-electron chi connectivity index (χ0n) is 10.8. The summed E-state index contributed by atoms with van der Waals surface area (Å²) in [5.41, 5.74) is 1.51. The second-order valence-electron chi connectivity index (χ2n) is 4.09. The van der Waals surface area contributed by atoms with E-state index in [4.69, 9.17) is 4.84 Å². The Kier molecular flexibility index (Phi) is 4.69. The van der Waals surface area contributed by atoms with Crippen LogP contribution in [0.3, 0.4) is 0 Å². The fourth-order valence-electron chi connectivity index (χ4n) is 1.78. The Bertz CT molecular complexity index is 483. The third kappa shape index (κ3) is 3.93. The van der Waals surface area contributed by atoms with Gasteiger partial charge in [0.15, 0.2) is 0 Å². The molecule has 0 amide bonds. The van der Waals surface area contributed by atoms with Gasteiger partial charge in [-0.3, -0.25) is 0 Å². The Labute approximate surface area is 112 Å². The highest BCUT2D eigenvalue weighted by molar-refractivity contribution is 5.89. The van der Waals surface area contributed by atoms with Crippen LogP contribution in [0.1, 0.15) is 16.8 Å². The molecule has 0 spiro atoms. The molecule has 0 atom stereocenters. The van der Waals surface area contributed by atoms with E-state index >= 15 is 0 Å². The number of oxime groups is 1. The number of benzene rings is 1. The molecule has 0 bridgehead atoms. The van der Waals surface area contributed by atoms with E-state index in [1.807, 2.05) is 18.2 Å². The maximum atomic E-state index is 11.9. The van der Waals surface area contributed by atoms with E-state index < -0.39 is 0 Å². The highest BCUT2D eigenvalue weighted by atomic mass is 16.7. The van der Waals surface area contributed by atoms with Gasteiger partial charge in [-0.15, -0.1) is 5.06 Å². The van der Waals surface area contributed by atoms with Crippen molar-refractivity contribution in [1.82, 2.24) is 5.06 Å². The first-order valence-electron chi connectivity index (χ1n) is 6.07. The Morgan fingerprint density at radius 3 is 2.89 bits per heavy atom. The van der Waals surface area contributed by atoms with Crippen molar-refractivity contribution in [3.8, 4) is 0 Å². The maximum absolute atomic E-state index is 11.9. The molecule has 5 heteroatoms. The lowest BCUT2D eigenvalue weighted by atomic mass is 10.2. The Morgan fingerprint density at radius 2 is 2.16 bits per heavy atom. The summed E-state index contributed by atoms with van der Waals surface area (Å²) in [4.78, 5) is 21.9. The summed E-state index contributed by atoms with van der Waals surface area (Å²) in [6.07, 6.45) is 4.49. The van der Waals surface area contributed by atoms with Crippen molar-refractivity contribution in [2.75, 3.05) is 20.2 Å². The normalized spacial score (nSPS) is 16.2. The van der Waals surface area contributed by atoms with Crippen LogP contribution < -0.4 is 0 Å². The minimum absolute atomic E-state index is 0.342. The minimum atomic E-state index is -0.342. The molecule has 0 N–H and O–H groups in total. The molecule has 1 aromatic carbocycles. The fraction of sp³-hybridized carbons (Fsp3) is 0.286. The van der Waals surface area contributed by atoms with E-state index in [0.717, 1.165) is 12.0 Å². The van der Waals surface area contributed by atoms with Gasteiger partial charge in [-0.05, 0) is 24.1 Å². The quantitative estimate of drug-likeness (QED) is 0.614. The summed E-state index contributed by atoms with van der Waals surface area (Å²) in [6.45, 7) is 1.20. The van der Waals surface area contributed by atoms with Gasteiger partial charge in [0.2, 0.25) is 0 Å². The molecular weight excluding hydrogens is 244 g/mol. The molecule has 1 aliphatic rings. The zero-order valence-corrected chi connectivity index (χ0v) is 10.8. The molecular formula is C14H16N2O3. The highest BCUT2D eigenvalue weighted by Gasteiger charge is 2.17. The van der Waals surface area contributed by atoms with Crippen molar-refractivity contribution < 1.29 is 14.5 Å². The van der Waals surface area contributed by atoms with Crippen LogP contribution in [-0.2, 0) is 9.68 Å². The van der Waals surface area contributed by atoms with Crippen LogP contribution in [0.25, 0.3) is 0 Å². The Hall–Kier alpha value is -2.14. The SMILES string of the molecule is CO/N=C/C1=CCCN(OC(=O)c2ccccc2)C1. The average molecular weight is 260 g/mol. The van der Waals surface area contributed by atoms with E-state index in [-0.39, 0.29) is 5.97 Å². The maximum Gasteiger partial charge on any atom is 0.357 e. The van der Waals surface area contributed by atoms with E-state index in [0.29, 0.717) is 18.7 Å². The van der Waals surface area contributed by atoms with Crippen LogP contribution in [0.5, 0.6) is 0 Å². The molecule has 19 heavy (non-hydrogen) atoms. The van der Waals surface area contributed by atoms with Crippen molar-refractivity contribution in [2.24, 2.45) is 5.16 Å². The predicted molar refractivity (Wildman–Crippen MR) is 71.6 cm³/mol. The largest absolute Gasteiger partial charge is 0.399 e. The molecule has 0 aromatic heterocycles. The molecule has 1 heterocycles. The smallest absolute Gasteiger partial charge is 0.357 e. The predicted octanol–water partition coefficient (Wildman–Crippen LogP) is 2.02. The molecule has 100 valence electrons. The number of hydrogen-bond acceptors (Lipinski definition) is 5. The molecule has 1 aromatic rings.